The van der Waals surface area contributed by atoms with E-state index in [9.17, 15) is 18.0 Å². The third-order valence-electron chi connectivity index (χ3n) is 6.69. The lowest BCUT2D eigenvalue weighted by Gasteiger charge is -2.33. The van der Waals surface area contributed by atoms with Crippen molar-refractivity contribution < 1.29 is 22.7 Å². The number of ether oxygens (including phenoxy) is 1. The van der Waals surface area contributed by atoms with Crippen molar-refractivity contribution in [2.24, 2.45) is 0 Å². The van der Waals surface area contributed by atoms with E-state index < -0.39 is 34.4 Å². The van der Waals surface area contributed by atoms with E-state index in [4.69, 9.17) is 27.9 Å². The van der Waals surface area contributed by atoms with Crippen LogP contribution in [-0.4, -0.2) is 51.0 Å². The summed E-state index contributed by atoms with van der Waals surface area (Å²) in [5.74, 6) is 0.0782. The van der Waals surface area contributed by atoms with Crippen LogP contribution in [0.4, 0.5) is 5.69 Å². The number of carbonyl (C=O) groups is 2. The second-order valence-electron chi connectivity index (χ2n) is 9.72. The number of nitrogens with zero attached hydrogens (tertiary/aromatic N) is 2. The van der Waals surface area contributed by atoms with Gasteiger partial charge in [0.25, 0.3) is 0 Å². The number of amides is 2. The maximum atomic E-state index is 14.1. The molecular formula is C32H31Cl2N3O5S. The van der Waals surface area contributed by atoms with Crippen LogP contribution in [0.15, 0.2) is 103 Å². The molecule has 0 radical (unpaired) electrons. The average molecular weight is 641 g/mol. The number of carbonyl (C=O) groups excluding carboxylic acids is 2. The van der Waals surface area contributed by atoms with Gasteiger partial charge in [0.2, 0.25) is 21.8 Å². The van der Waals surface area contributed by atoms with Crippen LogP contribution in [0.25, 0.3) is 0 Å². The summed E-state index contributed by atoms with van der Waals surface area (Å²) in [7, 11) is -2.45. The van der Waals surface area contributed by atoms with Gasteiger partial charge in [0.15, 0.2) is 0 Å². The van der Waals surface area contributed by atoms with E-state index in [1.807, 2.05) is 48.5 Å². The van der Waals surface area contributed by atoms with Crippen molar-refractivity contribution in [2.75, 3.05) is 24.2 Å². The van der Waals surface area contributed by atoms with Crippen LogP contribution in [0.2, 0.25) is 10.0 Å². The number of hydrogen-bond donors (Lipinski definition) is 1. The molecule has 0 saturated carbocycles. The minimum absolute atomic E-state index is 0.121. The Morgan fingerprint density at radius 3 is 1.93 bits per heavy atom. The summed E-state index contributed by atoms with van der Waals surface area (Å²) < 4.78 is 32.8. The van der Waals surface area contributed by atoms with Crippen molar-refractivity contribution >= 4 is 50.7 Å². The van der Waals surface area contributed by atoms with Crippen molar-refractivity contribution in [3.63, 3.8) is 0 Å². The van der Waals surface area contributed by atoms with Gasteiger partial charge in [0, 0.05) is 35.6 Å². The van der Waals surface area contributed by atoms with Gasteiger partial charge in [-0.15, -0.1) is 0 Å². The Kier molecular flexibility index (Phi) is 10.7. The Morgan fingerprint density at radius 2 is 1.37 bits per heavy atom. The second-order valence-corrected chi connectivity index (χ2v) is 12.4. The zero-order chi connectivity index (χ0) is 31.0. The quantitative estimate of drug-likeness (QED) is 0.207. The van der Waals surface area contributed by atoms with Crippen LogP contribution >= 0.6 is 23.2 Å². The number of hydrogen-bond acceptors (Lipinski definition) is 5. The smallest absolute Gasteiger partial charge is 0.244 e. The number of halogens is 2. The summed E-state index contributed by atoms with van der Waals surface area (Å²) in [6.07, 6.45) is 1.20. The number of rotatable bonds is 12. The van der Waals surface area contributed by atoms with Gasteiger partial charge in [0.1, 0.15) is 24.1 Å². The van der Waals surface area contributed by atoms with Gasteiger partial charge < -0.3 is 15.0 Å². The minimum Gasteiger partial charge on any atom is -0.457 e. The highest BCUT2D eigenvalue weighted by atomic mass is 35.5. The summed E-state index contributed by atoms with van der Waals surface area (Å²) in [4.78, 5) is 28.7. The largest absolute Gasteiger partial charge is 0.457 e. The first kappa shape index (κ1) is 31.9. The van der Waals surface area contributed by atoms with Crippen molar-refractivity contribution in [1.29, 1.82) is 0 Å². The van der Waals surface area contributed by atoms with Gasteiger partial charge in [-0.25, -0.2) is 8.42 Å². The van der Waals surface area contributed by atoms with Gasteiger partial charge in [-0.1, -0.05) is 77.8 Å². The molecule has 0 aliphatic rings. The highest BCUT2D eigenvalue weighted by molar-refractivity contribution is 7.92. The molecule has 0 aliphatic carbocycles. The summed E-state index contributed by atoms with van der Waals surface area (Å²) in [5, 5.41) is 3.26. The molecular weight excluding hydrogens is 609 g/mol. The first-order chi connectivity index (χ1) is 20.6. The van der Waals surface area contributed by atoms with Gasteiger partial charge in [-0.2, -0.15) is 0 Å². The fourth-order valence-corrected chi connectivity index (χ4v) is 5.86. The summed E-state index contributed by atoms with van der Waals surface area (Å²) >= 11 is 12.9. The maximum absolute atomic E-state index is 14.1. The predicted octanol–water partition coefficient (Wildman–Crippen LogP) is 5.94. The lowest BCUT2D eigenvalue weighted by molar-refractivity contribution is -0.139. The second kappa shape index (κ2) is 14.4. The van der Waals surface area contributed by atoms with Crippen molar-refractivity contribution in [2.45, 2.75) is 19.0 Å². The fourth-order valence-electron chi connectivity index (χ4n) is 4.49. The molecule has 4 aromatic rings. The molecule has 0 heterocycles. The Hall–Kier alpha value is -4.05. The van der Waals surface area contributed by atoms with E-state index in [-0.39, 0.29) is 18.7 Å². The first-order valence-electron chi connectivity index (χ1n) is 13.4. The van der Waals surface area contributed by atoms with Crippen molar-refractivity contribution in [3.8, 4) is 11.5 Å². The van der Waals surface area contributed by atoms with Gasteiger partial charge in [-0.05, 0) is 54.1 Å². The number of anilines is 1. The van der Waals surface area contributed by atoms with E-state index in [1.54, 1.807) is 54.6 Å². The topological polar surface area (TPSA) is 96.0 Å². The first-order valence-corrected chi connectivity index (χ1v) is 16.0. The lowest BCUT2D eigenvalue weighted by Crippen LogP contribution is -2.53. The number of nitrogens with one attached hydrogen (secondary N) is 1. The molecule has 1 unspecified atom stereocenters. The minimum atomic E-state index is -3.93. The van der Waals surface area contributed by atoms with Crippen LogP contribution in [0.5, 0.6) is 11.5 Å². The van der Waals surface area contributed by atoms with Crippen LogP contribution in [0, 0.1) is 0 Å². The molecule has 1 N–H and O–H groups in total. The molecule has 8 nitrogen and oxygen atoms in total. The number of likely N-dealkylation sites (N-methyl/N-ethyl adjacent to an activating group) is 1. The lowest BCUT2D eigenvalue weighted by atomic mass is 10.0. The molecule has 11 heteroatoms. The number of benzene rings is 4. The van der Waals surface area contributed by atoms with E-state index in [2.05, 4.69) is 5.32 Å². The molecule has 0 saturated heterocycles. The molecule has 0 aromatic heterocycles. The predicted molar refractivity (Wildman–Crippen MR) is 170 cm³/mol. The van der Waals surface area contributed by atoms with E-state index in [0.717, 1.165) is 16.1 Å². The molecule has 43 heavy (non-hydrogen) atoms. The molecule has 0 spiro atoms. The fraction of sp³-hybridized carbons (Fsp3) is 0.188. The highest BCUT2D eigenvalue weighted by Gasteiger charge is 2.33. The average Bonchev–Trinajstić information content (AvgIpc) is 2.99. The molecule has 2 amide bonds. The Bertz CT molecular complexity index is 1630. The number of para-hydroxylation sites is 1. The molecule has 1 atom stereocenters. The van der Waals surface area contributed by atoms with Crippen molar-refractivity contribution in [1.82, 2.24) is 10.2 Å². The summed E-state index contributed by atoms with van der Waals surface area (Å²) in [6.45, 7) is -0.689. The summed E-state index contributed by atoms with van der Waals surface area (Å²) in [5.41, 5.74) is 1.51. The van der Waals surface area contributed by atoms with E-state index in [1.165, 1.54) is 11.9 Å². The molecule has 4 aromatic carbocycles. The molecule has 224 valence electrons. The molecule has 0 bridgehead atoms. The van der Waals surface area contributed by atoms with Gasteiger partial charge >= 0.3 is 0 Å². The molecule has 0 fully saturated rings. The van der Waals surface area contributed by atoms with E-state index in [0.29, 0.717) is 27.1 Å². The highest BCUT2D eigenvalue weighted by Crippen LogP contribution is 2.29. The zero-order valence-corrected chi connectivity index (χ0v) is 25.9. The number of sulfonamides is 1. The van der Waals surface area contributed by atoms with Crippen LogP contribution in [0.3, 0.4) is 0 Å². The molecule has 4 rings (SSSR count). The standard InChI is InChI=1S/C32H31Cl2N3O5S/c1-35-32(39)30(20-23-10-5-3-6-11-23)36(21-27-28(33)14-9-15-29(27)34)31(38)22-37(43(2,40)41)24-16-18-26(19-17-24)42-25-12-7-4-8-13-25/h3-19,30H,20-22H2,1-2H3,(H,35,39). The third-order valence-corrected chi connectivity index (χ3v) is 8.54. The summed E-state index contributed by atoms with van der Waals surface area (Å²) in [6, 6.07) is 28.7. The zero-order valence-electron chi connectivity index (χ0n) is 23.6. The normalized spacial score (nSPS) is 11.8. The SMILES string of the molecule is CNC(=O)C(Cc1ccccc1)N(Cc1c(Cl)cccc1Cl)C(=O)CN(c1ccc(Oc2ccccc2)cc1)S(C)(=O)=O. The monoisotopic (exact) mass is 639 g/mol. The molecule has 0 aliphatic heterocycles. The van der Waals surface area contributed by atoms with Gasteiger partial charge in [-0.3, -0.25) is 13.9 Å². The Labute approximate surface area is 261 Å². The maximum Gasteiger partial charge on any atom is 0.244 e. The van der Waals surface area contributed by atoms with Crippen LogP contribution in [-0.2, 0) is 32.6 Å². The Balaban J connectivity index is 1.68. The third kappa shape index (κ3) is 8.50. The van der Waals surface area contributed by atoms with Gasteiger partial charge in [0.05, 0.1) is 11.9 Å². The van der Waals surface area contributed by atoms with Crippen LogP contribution in [0.1, 0.15) is 11.1 Å². The Morgan fingerprint density at radius 1 is 0.814 bits per heavy atom. The van der Waals surface area contributed by atoms with Crippen LogP contribution < -0.4 is 14.4 Å². The van der Waals surface area contributed by atoms with E-state index >= 15 is 0 Å². The van der Waals surface area contributed by atoms with Crippen molar-refractivity contribution in [3.05, 3.63) is 124 Å².